The van der Waals surface area contributed by atoms with Gasteiger partial charge in [-0.15, -0.1) is 11.3 Å². The summed E-state index contributed by atoms with van der Waals surface area (Å²) >= 11 is 1.26. The Morgan fingerprint density at radius 3 is 2.71 bits per heavy atom. The number of ether oxygens (including phenoxy) is 1. The van der Waals surface area contributed by atoms with E-state index >= 15 is 0 Å². The van der Waals surface area contributed by atoms with Crippen LogP contribution in [0.25, 0.3) is 10.6 Å². The lowest BCUT2D eigenvalue weighted by molar-refractivity contribution is -0.126. The molecule has 0 unspecified atom stereocenters. The summed E-state index contributed by atoms with van der Waals surface area (Å²) < 4.78 is 18.4. The van der Waals surface area contributed by atoms with Gasteiger partial charge in [0.1, 0.15) is 10.8 Å². The van der Waals surface area contributed by atoms with Crippen molar-refractivity contribution in [3.8, 4) is 10.6 Å². The molecule has 1 amide bonds. The van der Waals surface area contributed by atoms with Crippen LogP contribution in [0.2, 0.25) is 0 Å². The van der Waals surface area contributed by atoms with E-state index in [1.807, 2.05) is 24.3 Å². The zero-order chi connectivity index (χ0) is 19.7. The van der Waals surface area contributed by atoms with Crippen LogP contribution in [0.1, 0.15) is 23.0 Å². The molecular formula is C21H17FN2O3S. The Balaban J connectivity index is 1.44. The number of aromatic nitrogens is 1. The van der Waals surface area contributed by atoms with Gasteiger partial charge in [0.05, 0.1) is 0 Å². The number of amides is 1. The van der Waals surface area contributed by atoms with E-state index in [9.17, 15) is 14.0 Å². The molecule has 28 heavy (non-hydrogen) atoms. The molecule has 0 bridgehead atoms. The fourth-order valence-corrected chi connectivity index (χ4v) is 3.95. The zero-order valence-electron chi connectivity index (χ0n) is 15.1. The predicted octanol–water partition coefficient (Wildman–Crippen LogP) is 4.08. The van der Waals surface area contributed by atoms with Gasteiger partial charge in [-0.1, -0.05) is 18.2 Å². The Labute approximate surface area is 165 Å². The maximum absolute atomic E-state index is 13.0. The number of carbonyl (C=O) groups excluding carboxylic acids is 2. The van der Waals surface area contributed by atoms with Crippen LogP contribution in [0.15, 0.2) is 53.9 Å². The Morgan fingerprint density at radius 2 is 1.93 bits per heavy atom. The minimum Gasteiger partial charge on any atom is -0.448 e. The van der Waals surface area contributed by atoms with Crippen LogP contribution >= 0.6 is 11.3 Å². The third-order valence-corrected chi connectivity index (χ3v) is 5.48. The Kier molecular flexibility index (Phi) is 4.92. The van der Waals surface area contributed by atoms with E-state index in [4.69, 9.17) is 4.74 Å². The average molecular weight is 396 g/mol. The lowest BCUT2D eigenvalue weighted by Crippen LogP contribution is -2.39. The van der Waals surface area contributed by atoms with Crippen molar-refractivity contribution >= 4 is 28.9 Å². The summed E-state index contributed by atoms with van der Waals surface area (Å²) in [6, 6.07) is 13.6. The molecule has 1 aliphatic heterocycles. The van der Waals surface area contributed by atoms with Crippen molar-refractivity contribution in [3.63, 3.8) is 0 Å². The molecule has 1 aliphatic rings. The highest BCUT2D eigenvalue weighted by atomic mass is 32.1. The molecule has 142 valence electrons. The van der Waals surface area contributed by atoms with Crippen molar-refractivity contribution in [2.24, 2.45) is 0 Å². The summed E-state index contributed by atoms with van der Waals surface area (Å²) in [6.07, 6.45) is -0.134. The van der Waals surface area contributed by atoms with Gasteiger partial charge in [-0.05, 0) is 49.2 Å². The third-order valence-electron chi connectivity index (χ3n) is 4.59. The fourth-order valence-electron chi connectivity index (χ4n) is 3.15. The highest BCUT2D eigenvalue weighted by Gasteiger charge is 2.30. The summed E-state index contributed by atoms with van der Waals surface area (Å²) in [6.45, 7) is 2.14. The SMILES string of the molecule is C[C@@H](OC(=O)c1csc(-c2ccc(F)cc2)n1)C(=O)N1CCc2ccccc21. The van der Waals surface area contributed by atoms with Gasteiger partial charge in [-0.25, -0.2) is 14.2 Å². The first kappa shape index (κ1) is 18.3. The van der Waals surface area contributed by atoms with Crippen LogP contribution in [0.4, 0.5) is 10.1 Å². The van der Waals surface area contributed by atoms with Gasteiger partial charge in [0.25, 0.3) is 5.91 Å². The molecule has 5 nitrogen and oxygen atoms in total. The van der Waals surface area contributed by atoms with Crippen molar-refractivity contribution in [1.82, 2.24) is 4.98 Å². The summed E-state index contributed by atoms with van der Waals surface area (Å²) in [5.41, 5.74) is 2.81. The standard InChI is InChI=1S/C21H17FN2O3S/c1-13(20(25)24-11-10-14-4-2-3-5-18(14)24)27-21(26)17-12-28-19(23-17)15-6-8-16(22)9-7-15/h2-9,12-13H,10-11H2,1H3/t13-/m1/s1. The Bertz CT molecular complexity index is 1030. The minimum atomic E-state index is -0.922. The van der Waals surface area contributed by atoms with Gasteiger partial charge in [0.2, 0.25) is 0 Å². The van der Waals surface area contributed by atoms with Crippen molar-refractivity contribution in [1.29, 1.82) is 0 Å². The number of para-hydroxylation sites is 1. The molecule has 0 spiro atoms. The van der Waals surface area contributed by atoms with E-state index in [0.29, 0.717) is 17.1 Å². The van der Waals surface area contributed by atoms with Crippen molar-refractivity contribution < 1.29 is 18.7 Å². The molecular weight excluding hydrogens is 379 g/mol. The van der Waals surface area contributed by atoms with Gasteiger partial charge >= 0.3 is 5.97 Å². The number of thiazole rings is 1. The van der Waals surface area contributed by atoms with Crippen molar-refractivity contribution in [3.05, 3.63) is 71.0 Å². The second-order valence-electron chi connectivity index (χ2n) is 6.46. The molecule has 7 heteroatoms. The molecule has 0 radical (unpaired) electrons. The topological polar surface area (TPSA) is 59.5 Å². The lowest BCUT2D eigenvalue weighted by atomic mass is 10.2. The number of halogens is 1. The number of hydrogen-bond donors (Lipinski definition) is 0. The maximum atomic E-state index is 13.0. The van der Waals surface area contributed by atoms with Crippen LogP contribution in [-0.4, -0.2) is 29.5 Å². The second kappa shape index (κ2) is 7.52. The van der Waals surface area contributed by atoms with E-state index in [2.05, 4.69) is 4.98 Å². The molecule has 0 aliphatic carbocycles. The molecule has 0 fully saturated rings. The van der Waals surface area contributed by atoms with E-state index in [-0.39, 0.29) is 17.4 Å². The monoisotopic (exact) mass is 396 g/mol. The summed E-state index contributed by atoms with van der Waals surface area (Å²) in [4.78, 5) is 31.0. The molecule has 0 saturated heterocycles. The zero-order valence-corrected chi connectivity index (χ0v) is 15.9. The number of carbonyl (C=O) groups is 2. The van der Waals surface area contributed by atoms with E-state index in [0.717, 1.165) is 17.7 Å². The van der Waals surface area contributed by atoms with Crippen LogP contribution in [0.3, 0.4) is 0 Å². The Hall–Kier alpha value is -3.06. The highest BCUT2D eigenvalue weighted by molar-refractivity contribution is 7.13. The molecule has 1 aromatic heterocycles. The molecule has 2 aromatic carbocycles. The number of anilines is 1. The fraction of sp³-hybridized carbons (Fsp3) is 0.190. The number of fused-ring (bicyclic) bond motifs is 1. The molecule has 0 saturated carbocycles. The van der Waals surface area contributed by atoms with Gasteiger partial charge < -0.3 is 9.64 Å². The van der Waals surface area contributed by atoms with Crippen LogP contribution in [0.5, 0.6) is 0 Å². The second-order valence-corrected chi connectivity index (χ2v) is 7.32. The Morgan fingerprint density at radius 1 is 1.18 bits per heavy atom. The van der Waals surface area contributed by atoms with E-state index < -0.39 is 12.1 Å². The van der Waals surface area contributed by atoms with E-state index in [1.54, 1.807) is 29.3 Å². The number of benzene rings is 2. The summed E-state index contributed by atoms with van der Waals surface area (Å²) in [5, 5.41) is 2.16. The molecule has 1 atom stereocenters. The van der Waals surface area contributed by atoms with Gasteiger partial charge in [-0.3, -0.25) is 4.79 Å². The normalized spacial score (nSPS) is 13.9. The van der Waals surface area contributed by atoms with Crippen molar-refractivity contribution in [2.75, 3.05) is 11.4 Å². The number of nitrogens with zero attached hydrogens (tertiary/aromatic N) is 2. The van der Waals surface area contributed by atoms with E-state index in [1.165, 1.54) is 23.5 Å². The van der Waals surface area contributed by atoms with Gasteiger partial charge in [-0.2, -0.15) is 0 Å². The molecule has 2 heterocycles. The van der Waals surface area contributed by atoms with Crippen LogP contribution < -0.4 is 4.90 Å². The summed E-state index contributed by atoms with van der Waals surface area (Å²) in [7, 11) is 0. The first-order valence-corrected chi connectivity index (χ1v) is 9.72. The quantitative estimate of drug-likeness (QED) is 0.624. The largest absolute Gasteiger partial charge is 0.448 e. The molecule has 0 N–H and O–H groups in total. The van der Waals surface area contributed by atoms with Gasteiger partial charge in [0, 0.05) is 23.2 Å². The molecule has 4 rings (SSSR count). The van der Waals surface area contributed by atoms with Crippen LogP contribution in [0, 0.1) is 5.82 Å². The molecule has 3 aromatic rings. The summed E-state index contributed by atoms with van der Waals surface area (Å²) in [5.74, 6) is -1.25. The lowest BCUT2D eigenvalue weighted by Gasteiger charge is -2.21. The number of esters is 1. The third kappa shape index (κ3) is 3.53. The maximum Gasteiger partial charge on any atom is 0.358 e. The first-order valence-electron chi connectivity index (χ1n) is 8.84. The number of rotatable bonds is 4. The smallest absolute Gasteiger partial charge is 0.358 e. The van der Waals surface area contributed by atoms with Crippen LogP contribution in [-0.2, 0) is 16.0 Å². The van der Waals surface area contributed by atoms with Gasteiger partial charge in [0.15, 0.2) is 11.8 Å². The first-order chi connectivity index (χ1) is 13.5. The number of hydrogen-bond acceptors (Lipinski definition) is 5. The highest BCUT2D eigenvalue weighted by Crippen LogP contribution is 2.28. The van der Waals surface area contributed by atoms with Crippen molar-refractivity contribution in [2.45, 2.75) is 19.4 Å². The predicted molar refractivity (Wildman–Crippen MR) is 105 cm³/mol. The minimum absolute atomic E-state index is 0.130. The average Bonchev–Trinajstić information content (AvgIpc) is 3.35.